The van der Waals surface area contributed by atoms with Crippen LogP contribution in [0, 0.1) is 0 Å². The topological polar surface area (TPSA) is 63.6 Å². The minimum Gasteiger partial charge on any atom is -0.508 e. The fourth-order valence-corrected chi connectivity index (χ4v) is 2.08. The lowest BCUT2D eigenvalue weighted by Gasteiger charge is -2.24. The monoisotopic (exact) mass is 254 g/mol. The van der Waals surface area contributed by atoms with Gasteiger partial charge in [-0.2, -0.15) is 0 Å². The average Bonchev–Trinajstić information content (AvgIpc) is 2.43. The van der Waals surface area contributed by atoms with Crippen LogP contribution in [0.15, 0.2) is 48.5 Å². The molecule has 4 heteroatoms. The van der Waals surface area contributed by atoms with Gasteiger partial charge in [-0.15, -0.1) is 0 Å². The Morgan fingerprint density at radius 2 is 1.74 bits per heavy atom. The molecule has 2 aromatic rings. The van der Waals surface area contributed by atoms with E-state index in [-0.39, 0.29) is 17.1 Å². The van der Waals surface area contributed by atoms with E-state index >= 15 is 0 Å². The molecule has 4 nitrogen and oxygen atoms in total. The average molecular weight is 254 g/mol. The van der Waals surface area contributed by atoms with Crippen LogP contribution >= 0.6 is 0 Å². The van der Waals surface area contributed by atoms with Crippen molar-refractivity contribution >= 4 is 11.6 Å². The lowest BCUT2D eigenvalue weighted by atomic mass is 9.95. The van der Waals surface area contributed by atoms with Gasteiger partial charge in [-0.05, 0) is 12.1 Å². The number of phenols is 1. The molecule has 3 rings (SSSR count). The van der Waals surface area contributed by atoms with E-state index < -0.39 is 17.7 Å². The van der Waals surface area contributed by atoms with Gasteiger partial charge in [-0.25, -0.2) is 0 Å². The standard InChI is InChI=1S/C15H10O4/c16-10-6-7-11-12(8-10)19-15(14(18)13(11)17)9-4-2-1-3-5-9/h1-8,15-16H/t15-/m0/s1. The Morgan fingerprint density at radius 3 is 2.47 bits per heavy atom. The van der Waals surface area contributed by atoms with Gasteiger partial charge >= 0.3 is 0 Å². The molecule has 0 saturated carbocycles. The zero-order valence-corrected chi connectivity index (χ0v) is 9.87. The first-order valence-electron chi connectivity index (χ1n) is 5.80. The first kappa shape index (κ1) is 11.5. The zero-order valence-electron chi connectivity index (χ0n) is 9.87. The number of ketones is 2. The van der Waals surface area contributed by atoms with Crippen molar-refractivity contribution < 1.29 is 19.4 Å². The zero-order chi connectivity index (χ0) is 13.4. The Hall–Kier alpha value is -2.62. The van der Waals surface area contributed by atoms with Crippen molar-refractivity contribution in [2.24, 2.45) is 0 Å². The molecule has 0 bridgehead atoms. The van der Waals surface area contributed by atoms with Gasteiger partial charge in [0, 0.05) is 11.6 Å². The number of ether oxygens (including phenoxy) is 1. The number of phenolic OH excluding ortho intramolecular Hbond substituents is 1. The summed E-state index contributed by atoms with van der Waals surface area (Å²) in [7, 11) is 0. The largest absolute Gasteiger partial charge is 0.508 e. The van der Waals surface area contributed by atoms with Crippen molar-refractivity contribution in [1.29, 1.82) is 0 Å². The second-order valence-corrected chi connectivity index (χ2v) is 4.28. The molecule has 0 aliphatic carbocycles. The van der Waals surface area contributed by atoms with E-state index in [1.54, 1.807) is 24.3 Å². The number of aromatic hydroxyl groups is 1. The predicted molar refractivity (Wildman–Crippen MR) is 67.3 cm³/mol. The minimum absolute atomic E-state index is 0.00675. The number of fused-ring (bicyclic) bond motifs is 1. The van der Waals surface area contributed by atoms with Crippen LogP contribution in [0.1, 0.15) is 22.0 Å². The molecule has 1 aliphatic rings. The summed E-state index contributed by atoms with van der Waals surface area (Å²) < 4.78 is 5.55. The maximum absolute atomic E-state index is 12.0. The molecule has 1 heterocycles. The van der Waals surface area contributed by atoms with Crippen molar-refractivity contribution in [2.45, 2.75) is 6.10 Å². The number of hydrogen-bond acceptors (Lipinski definition) is 4. The molecule has 0 saturated heterocycles. The smallest absolute Gasteiger partial charge is 0.248 e. The second-order valence-electron chi connectivity index (χ2n) is 4.28. The Balaban J connectivity index is 2.08. The molecule has 19 heavy (non-hydrogen) atoms. The third-order valence-corrected chi connectivity index (χ3v) is 3.02. The highest BCUT2D eigenvalue weighted by Gasteiger charge is 2.36. The van der Waals surface area contributed by atoms with E-state index in [0.29, 0.717) is 5.56 Å². The lowest BCUT2D eigenvalue weighted by molar-refractivity contribution is -0.122. The summed E-state index contributed by atoms with van der Waals surface area (Å²) in [6.07, 6.45) is -0.942. The van der Waals surface area contributed by atoms with Gasteiger partial charge in [-0.3, -0.25) is 9.59 Å². The van der Waals surface area contributed by atoms with Gasteiger partial charge in [0.05, 0.1) is 5.56 Å². The van der Waals surface area contributed by atoms with Crippen molar-refractivity contribution in [2.75, 3.05) is 0 Å². The summed E-state index contributed by atoms with van der Waals surface area (Å²) in [5.74, 6) is -0.953. The maximum atomic E-state index is 12.0. The minimum atomic E-state index is -0.942. The normalized spacial score (nSPS) is 17.8. The molecule has 0 aromatic heterocycles. The van der Waals surface area contributed by atoms with E-state index in [4.69, 9.17) is 4.74 Å². The predicted octanol–water partition coefficient (Wildman–Crippen LogP) is 2.28. The van der Waals surface area contributed by atoms with Crippen LogP contribution in [-0.4, -0.2) is 16.7 Å². The molecule has 0 unspecified atom stereocenters. The quantitative estimate of drug-likeness (QED) is 0.793. The van der Waals surface area contributed by atoms with Crippen molar-refractivity contribution in [3.8, 4) is 11.5 Å². The van der Waals surface area contributed by atoms with Crippen molar-refractivity contribution in [3.05, 3.63) is 59.7 Å². The first-order chi connectivity index (χ1) is 9.16. The molecule has 0 amide bonds. The van der Waals surface area contributed by atoms with Gasteiger partial charge in [0.1, 0.15) is 11.5 Å². The lowest BCUT2D eigenvalue weighted by Crippen LogP contribution is -2.31. The third kappa shape index (κ3) is 1.87. The summed E-state index contributed by atoms with van der Waals surface area (Å²) in [5.41, 5.74) is 0.810. The highest BCUT2D eigenvalue weighted by molar-refractivity contribution is 6.46. The number of benzene rings is 2. The van der Waals surface area contributed by atoms with Crippen LogP contribution in [0.4, 0.5) is 0 Å². The SMILES string of the molecule is O=C1C(=O)[C@H](c2ccccc2)Oc2cc(O)ccc21. The number of Topliss-reactive ketones (excluding diaryl/α,β-unsaturated/α-hetero) is 2. The molecular weight excluding hydrogens is 244 g/mol. The highest BCUT2D eigenvalue weighted by atomic mass is 16.5. The Labute approximate surface area is 109 Å². The Bertz CT molecular complexity index is 661. The van der Waals surface area contributed by atoms with E-state index in [1.807, 2.05) is 6.07 Å². The van der Waals surface area contributed by atoms with Gasteiger partial charge in [0.15, 0.2) is 6.10 Å². The van der Waals surface area contributed by atoms with E-state index in [0.717, 1.165) is 0 Å². The van der Waals surface area contributed by atoms with E-state index in [1.165, 1.54) is 18.2 Å². The fourth-order valence-electron chi connectivity index (χ4n) is 2.08. The summed E-state index contributed by atoms with van der Waals surface area (Å²) in [6.45, 7) is 0. The van der Waals surface area contributed by atoms with E-state index in [2.05, 4.69) is 0 Å². The van der Waals surface area contributed by atoms with Crippen LogP contribution in [0.2, 0.25) is 0 Å². The third-order valence-electron chi connectivity index (χ3n) is 3.02. The molecule has 1 aliphatic heterocycles. The highest BCUT2D eigenvalue weighted by Crippen LogP contribution is 2.34. The van der Waals surface area contributed by atoms with Gasteiger partial charge in [-0.1, -0.05) is 30.3 Å². The molecular formula is C15H10O4. The second kappa shape index (κ2) is 4.24. The van der Waals surface area contributed by atoms with Crippen LogP contribution < -0.4 is 4.74 Å². The van der Waals surface area contributed by atoms with Gasteiger partial charge in [0.2, 0.25) is 11.6 Å². The Morgan fingerprint density at radius 1 is 1.00 bits per heavy atom. The van der Waals surface area contributed by atoms with Gasteiger partial charge in [0.25, 0.3) is 0 Å². The van der Waals surface area contributed by atoms with Crippen LogP contribution in [0.5, 0.6) is 11.5 Å². The summed E-state index contributed by atoms with van der Waals surface area (Å²) >= 11 is 0. The fraction of sp³-hybridized carbons (Fsp3) is 0.0667. The van der Waals surface area contributed by atoms with Crippen LogP contribution in [0.25, 0.3) is 0 Å². The molecule has 2 aromatic carbocycles. The van der Waals surface area contributed by atoms with E-state index in [9.17, 15) is 14.7 Å². The maximum Gasteiger partial charge on any atom is 0.248 e. The summed E-state index contributed by atoms with van der Waals surface area (Å²) in [5, 5.41) is 9.42. The van der Waals surface area contributed by atoms with Crippen LogP contribution in [-0.2, 0) is 4.79 Å². The number of carbonyl (C=O) groups excluding carboxylic acids is 2. The number of carbonyl (C=O) groups is 2. The Kier molecular flexibility index (Phi) is 2.56. The van der Waals surface area contributed by atoms with Gasteiger partial charge < -0.3 is 9.84 Å². The van der Waals surface area contributed by atoms with Crippen LogP contribution in [0.3, 0.4) is 0 Å². The molecule has 1 N–H and O–H groups in total. The number of hydrogen-bond donors (Lipinski definition) is 1. The molecule has 0 fully saturated rings. The molecule has 0 spiro atoms. The first-order valence-corrected chi connectivity index (χ1v) is 5.80. The van der Waals surface area contributed by atoms with Crippen molar-refractivity contribution in [1.82, 2.24) is 0 Å². The molecule has 94 valence electrons. The number of rotatable bonds is 1. The summed E-state index contributed by atoms with van der Waals surface area (Å²) in [4.78, 5) is 24.0. The summed E-state index contributed by atoms with van der Waals surface area (Å²) in [6, 6.07) is 12.9. The molecule has 0 radical (unpaired) electrons. The van der Waals surface area contributed by atoms with Crippen molar-refractivity contribution in [3.63, 3.8) is 0 Å². The molecule has 1 atom stereocenters.